The number of sulfonamides is 1. The van der Waals surface area contributed by atoms with Crippen LogP contribution < -0.4 is 9.62 Å². The minimum atomic E-state index is -3.50. The molecule has 0 saturated heterocycles. The van der Waals surface area contributed by atoms with Gasteiger partial charge in [-0.1, -0.05) is 36.4 Å². The highest BCUT2D eigenvalue weighted by Gasteiger charge is 2.25. The van der Waals surface area contributed by atoms with E-state index < -0.39 is 16.1 Å². The van der Waals surface area contributed by atoms with Crippen molar-refractivity contribution in [3.05, 3.63) is 65.2 Å². The average Bonchev–Trinajstić information content (AvgIpc) is 2.78. The van der Waals surface area contributed by atoms with Crippen molar-refractivity contribution in [2.24, 2.45) is 0 Å². The van der Waals surface area contributed by atoms with Crippen molar-refractivity contribution in [2.45, 2.75) is 46.1 Å². The topological polar surface area (TPSA) is 86.8 Å². The lowest BCUT2D eigenvalue weighted by Gasteiger charge is -2.29. The normalized spacial score (nSPS) is 12.2. The predicted molar refractivity (Wildman–Crippen MR) is 133 cm³/mol. The fourth-order valence-electron chi connectivity index (χ4n) is 3.66. The van der Waals surface area contributed by atoms with Gasteiger partial charge in [0.25, 0.3) is 0 Å². The first kappa shape index (κ1) is 26.4. The third-order valence-corrected chi connectivity index (χ3v) is 7.02. The maximum absolute atomic E-state index is 13.1. The quantitative estimate of drug-likeness (QED) is 0.543. The van der Waals surface area contributed by atoms with Gasteiger partial charge in [-0.3, -0.25) is 13.9 Å². The summed E-state index contributed by atoms with van der Waals surface area (Å²) in [6.07, 6.45) is 2.30. The number of rotatable bonds is 11. The minimum Gasteiger partial charge on any atom is -0.357 e. The highest BCUT2D eigenvalue weighted by Crippen LogP contribution is 2.22. The summed E-state index contributed by atoms with van der Waals surface area (Å²) in [5.41, 5.74) is 3.76. The first-order chi connectivity index (χ1) is 15.5. The second-order valence-electron chi connectivity index (χ2n) is 8.32. The third kappa shape index (κ3) is 7.60. The van der Waals surface area contributed by atoms with E-state index in [1.54, 1.807) is 24.9 Å². The molecule has 0 heterocycles. The number of aryl methyl sites for hydroxylation is 2. The van der Waals surface area contributed by atoms with Crippen LogP contribution in [0.1, 0.15) is 36.5 Å². The van der Waals surface area contributed by atoms with Crippen molar-refractivity contribution < 1.29 is 18.0 Å². The molecule has 0 aliphatic carbocycles. The lowest BCUT2D eigenvalue weighted by atomic mass is 10.1. The molecule has 0 aromatic heterocycles. The summed E-state index contributed by atoms with van der Waals surface area (Å²) in [4.78, 5) is 26.9. The standard InChI is InChI=1S/C25H35N3O4S/c1-19-13-14-23(18-20(19)2)28(33(5,31)32)16-9-12-24(29)27(21(3)25(30)26-4)17-15-22-10-7-6-8-11-22/h6-8,10-11,13-14,18,21H,9,12,15-17H2,1-5H3,(H,26,30). The van der Waals surface area contributed by atoms with Crippen LogP contribution in [-0.2, 0) is 26.0 Å². The summed E-state index contributed by atoms with van der Waals surface area (Å²) < 4.78 is 26.2. The SMILES string of the molecule is CNC(=O)C(C)N(CCc1ccccc1)C(=O)CCCN(c1ccc(C)c(C)c1)S(C)(=O)=O. The number of likely N-dealkylation sites (N-methyl/N-ethyl adjacent to an activating group) is 1. The molecule has 0 aliphatic rings. The lowest BCUT2D eigenvalue weighted by molar-refractivity contribution is -0.139. The molecule has 0 bridgehead atoms. The second kappa shape index (κ2) is 11.8. The van der Waals surface area contributed by atoms with Crippen LogP contribution in [0.15, 0.2) is 48.5 Å². The molecular weight excluding hydrogens is 438 g/mol. The second-order valence-corrected chi connectivity index (χ2v) is 10.2. The Labute approximate surface area is 197 Å². The highest BCUT2D eigenvalue weighted by molar-refractivity contribution is 7.92. The van der Waals surface area contributed by atoms with Crippen LogP contribution in [0, 0.1) is 13.8 Å². The summed E-state index contributed by atoms with van der Waals surface area (Å²) in [6, 6.07) is 14.7. The van der Waals surface area contributed by atoms with Gasteiger partial charge in [0.1, 0.15) is 6.04 Å². The van der Waals surface area contributed by atoms with E-state index in [1.165, 1.54) is 10.6 Å². The average molecular weight is 474 g/mol. The fourth-order valence-corrected chi connectivity index (χ4v) is 4.62. The number of anilines is 1. The van der Waals surface area contributed by atoms with E-state index in [0.29, 0.717) is 25.1 Å². The lowest BCUT2D eigenvalue weighted by Crippen LogP contribution is -2.48. The number of benzene rings is 2. The first-order valence-corrected chi connectivity index (χ1v) is 13.0. The molecule has 0 fully saturated rings. The van der Waals surface area contributed by atoms with Crippen LogP contribution in [0.25, 0.3) is 0 Å². The number of carbonyl (C=O) groups is 2. The molecule has 0 saturated carbocycles. The Balaban J connectivity index is 2.09. The van der Waals surface area contributed by atoms with Crippen LogP contribution in [0.5, 0.6) is 0 Å². The van der Waals surface area contributed by atoms with Gasteiger partial charge in [0.05, 0.1) is 11.9 Å². The Bertz CT molecular complexity index is 1050. The molecule has 8 heteroatoms. The summed E-state index contributed by atoms with van der Waals surface area (Å²) >= 11 is 0. The maximum atomic E-state index is 13.1. The molecule has 0 aliphatic heterocycles. The van der Waals surface area contributed by atoms with Crippen LogP contribution in [0.2, 0.25) is 0 Å². The summed E-state index contributed by atoms with van der Waals surface area (Å²) in [6.45, 7) is 6.21. The van der Waals surface area contributed by atoms with Gasteiger partial charge in [0.15, 0.2) is 0 Å². The Morgan fingerprint density at radius 3 is 2.24 bits per heavy atom. The van der Waals surface area contributed by atoms with E-state index in [-0.39, 0.29) is 24.8 Å². The molecule has 2 rings (SSSR count). The number of carbonyl (C=O) groups excluding carboxylic acids is 2. The largest absolute Gasteiger partial charge is 0.357 e. The van der Waals surface area contributed by atoms with E-state index >= 15 is 0 Å². The first-order valence-electron chi connectivity index (χ1n) is 11.1. The Kier molecular flexibility index (Phi) is 9.46. The molecule has 1 atom stereocenters. The molecule has 2 amide bonds. The zero-order chi connectivity index (χ0) is 24.6. The number of nitrogens with zero attached hydrogens (tertiary/aromatic N) is 2. The predicted octanol–water partition coefficient (Wildman–Crippen LogP) is 3.06. The van der Waals surface area contributed by atoms with E-state index in [2.05, 4.69) is 5.32 Å². The van der Waals surface area contributed by atoms with Crippen LogP contribution >= 0.6 is 0 Å². The van der Waals surface area contributed by atoms with Crippen LogP contribution in [0.3, 0.4) is 0 Å². The molecule has 2 aromatic carbocycles. The number of hydrogen-bond acceptors (Lipinski definition) is 4. The summed E-state index contributed by atoms with van der Waals surface area (Å²) in [5.74, 6) is -0.403. The van der Waals surface area contributed by atoms with E-state index in [0.717, 1.165) is 16.7 Å². The van der Waals surface area contributed by atoms with Gasteiger partial charge in [-0.25, -0.2) is 8.42 Å². The van der Waals surface area contributed by atoms with Crippen molar-refractivity contribution >= 4 is 27.5 Å². The molecule has 1 unspecified atom stereocenters. The minimum absolute atomic E-state index is 0.146. The van der Waals surface area contributed by atoms with Crippen molar-refractivity contribution in [1.29, 1.82) is 0 Å². The van der Waals surface area contributed by atoms with Gasteiger partial charge in [0.2, 0.25) is 21.8 Å². The van der Waals surface area contributed by atoms with Crippen LogP contribution in [0.4, 0.5) is 5.69 Å². The highest BCUT2D eigenvalue weighted by atomic mass is 32.2. The van der Waals surface area contributed by atoms with Gasteiger partial charge >= 0.3 is 0 Å². The van der Waals surface area contributed by atoms with Gasteiger partial charge < -0.3 is 10.2 Å². The van der Waals surface area contributed by atoms with Gasteiger partial charge in [-0.15, -0.1) is 0 Å². The molecule has 180 valence electrons. The summed E-state index contributed by atoms with van der Waals surface area (Å²) in [5, 5.41) is 2.60. The molecular formula is C25H35N3O4S. The molecule has 7 nitrogen and oxygen atoms in total. The molecule has 0 spiro atoms. The van der Waals surface area contributed by atoms with Crippen molar-refractivity contribution in [1.82, 2.24) is 10.2 Å². The van der Waals surface area contributed by atoms with Crippen molar-refractivity contribution in [3.8, 4) is 0 Å². The van der Waals surface area contributed by atoms with E-state index in [1.807, 2.05) is 56.3 Å². The van der Waals surface area contributed by atoms with Gasteiger partial charge in [-0.05, 0) is 62.4 Å². The zero-order valence-corrected chi connectivity index (χ0v) is 21.0. The van der Waals surface area contributed by atoms with Crippen molar-refractivity contribution in [3.63, 3.8) is 0 Å². The zero-order valence-electron chi connectivity index (χ0n) is 20.2. The van der Waals surface area contributed by atoms with Crippen LogP contribution in [-0.4, -0.2) is 57.6 Å². The van der Waals surface area contributed by atoms with Gasteiger partial charge in [-0.2, -0.15) is 0 Å². The van der Waals surface area contributed by atoms with Crippen molar-refractivity contribution in [2.75, 3.05) is 30.7 Å². The molecule has 2 aromatic rings. The maximum Gasteiger partial charge on any atom is 0.242 e. The molecule has 0 radical (unpaired) electrons. The smallest absolute Gasteiger partial charge is 0.242 e. The fraction of sp³-hybridized carbons (Fsp3) is 0.440. The number of hydrogen-bond donors (Lipinski definition) is 1. The Morgan fingerprint density at radius 2 is 1.67 bits per heavy atom. The summed E-state index contributed by atoms with van der Waals surface area (Å²) in [7, 11) is -1.95. The van der Waals surface area contributed by atoms with Gasteiger partial charge in [0, 0.05) is 26.6 Å². The Hall–Kier alpha value is -2.87. The van der Waals surface area contributed by atoms with E-state index in [4.69, 9.17) is 0 Å². The Morgan fingerprint density at radius 1 is 1.00 bits per heavy atom. The third-order valence-electron chi connectivity index (χ3n) is 5.83. The number of nitrogens with one attached hydrogen (secondary N) is 1. The molecule has 33 heavy (non-hydrogen) atoms. The van der Waals surface area contributed by atoms with E-state index in [9.17, 15) is 18.0 Å². The monoisotopic (exact) mass is 473 g/mol. The number of amides is 2. The molecule has 1 N–H and O–H groups in total.